The molecule has 0 unspecified atom stereocenters. The summed E-state index contributed by atoms with van der Waals surface area (Å²) >= 11 is 1.57. The van der Waals surface area contributed by atoms with Crippen molar-refractivity contribution in [2.75, 3.05) is 31.9 Å². The van der Waals surface area contributed by atoms with Crippen molar-refractivity contribution in [2.45, 2.75) is 13.8 Å². The van der Waals surface area contributed by atoms with E-state index in [-0.39, 0.29) is 5.91 Å². The Morgan fingerprint density at radius 2 is 2.21 bits per heavy atom. The molecule has 0 fully saturated rings. The van der Waals surface area contributed by atoms with Crippen molar-refractivity contribution >= 4 is 17.7 Å². The number of carbonyl (C=O) groups is 1. The van der Waals surface area contributed by atoms with Gasteiger partial charge in [-0.05, 0) is 18.5 Å². The molecule has 1 aliphatic rings. The summed E-state index contributed by atoms with van der Waals surface area (Å²) in [5.41, 5.74) is 0. The zero-order chi connectivity index (χ0) is 10.4. The number of nitrogens with zero attached hydrogens (tertiary/aromatic N) is 2. The Morgan fingerprint density at radius 1 is 1.50 bits per heavy atom. The van der Waals surface area contributed by atoms with Gasteiger partial charge in [-0.1, -0.05) is 13.8 Å². The second-order valence-electron chi connectivity index (χ2n) is 3.21. The van der Waals surface area contributed by atoms with Gasteiger partial charge < -0.3 is 9.80 Å². The second-order valence-corrected chi connectivity index (χ2v) is 4.10. The van der Waals surface area contributed by atoms with Gasteiger partial charge in [-0.25, -0.2) is 0 Å². The van der Waals surface area contributed by atoms with Gasteiger partial charge in [0.15, 0.2) is 0 Å². The molecule has 0 aromatic heterocycles. The van der Waals surface area contributed by atoms with Gasteiger partial charge in [0.25, 0.3) is 0 Å². The lowest BCUT2D eigenvalue weighted by Crippen LogP contribution is -2.37. The largest absolute Gasteiger partial charge is 0.317 e. The van der Waals surface area contributed by atoms with Crippen LogP contribution in [0, 0.1) is 0 Å². The van der Waals surface area contributed by atoms with Crippen LogP contribution in [0.25, 0.3) is 0 Å². The van der Waals surface area contributed by atoms with Crippen LogP contribution in [0.3, 0.4) is 0 Å². The van der Waals surface area contributed by atoms with Crippen LogP contribution in [-0.4, -0.2) is 47.6 Å². The molecule has 80 valence electrons. The van der Waals surface area contributed by atoms with Crippen molar-refractivity contribution in [2.24, 2.45) is 0 Å². The van der Waals surface area contributed by atoms with Crippen LogP contribution < -0.4 is 0 Å². The van der Waals surface area contributed by atoms with E-state index in [1.165, 1.54) is 0 Å². The van der Waals surface area contributed by atoms with E-state index in [2.05, 4.69) is 18.7 Å². The van der Waals surface area contributed by atoms with Crippen LogP contribution in [-0.2, 0) is 4.79 Å². The molecule has 0 saturated carbocycles. The molecular formula is C10H18N2OS. The maximum atomic E-state index is 11.4. The number of likely N-dealkylation sites (N-methyl/N-ethyl adjacent to an activating group) is 1. The van der Waals surface area contributed by atoms with Crippen LogP contribution in [0.2, 0.25) is 0 Å². The SMILES string of the molecule is CCN(CC)CCN1C=CSCC1=O. The minimum absolute atomic E-state index is 0.227. The van der Waals surface area contributed by atoms with Crippen LogP contribution in [0.4, 0.5) is 0 Å². The molecule has 0 radical (unpaired) electrons. The molecule has 0 aliphatic carbocycles. The highest BCUT2D eigenvalue weighted by atomic mass is 32.2. The number of hydrogen-bond acceptors (Lipinski definition) is 3. The fourth-order valence-electron chi connectivity index (χ4n) is 1.39. The molecule has 4 heteroatoms. The standard InChI is InChI=1S/C10H18N2OS/c1-3-11(4-2)5-6-12-7-8-14-9-10(12)13/h7-8H,3-6,9H2,1-2H3. The molecule has 1 aliphatic heterocycles. The Bertz CT molecular complexity index is 214. The quantitative estimate of drug-likeness (QED) is 0.690. The smallest absolute Gasteiger partial charge is 0.236 e. The van der Waals surface area contributed by atoms with Gasteiger partial charge in [0.05, 0.1) is 5.75 Å². The van der Waals surface area contributed by atoms with E-state index in [9.17, 15) is 4.79 Å². The summed E-state index contributed by atoms with van der Waals surface area (Å²) in [5.74, 6) is 0.819. The summed E-state index contributed by atoms with van der Waals surface area (Å²) in [6.45, 7) is 8.18. The van der Waals surface area contributed by atoms with Gasteiger partial charge in [0, 0.05) is 19.3 Å². The summed E-state index contributed by atoms with van der Waals surface area (Å²) in [7, 11) is 0. The number of carbonyl (C=O) groups excluding carboxylic acids is 1. The molecule has 1 heterocycles. The molecule has 0 saturated heterocycles. The highest BCUT2D eigenvalue weighted by molar-refractivity contribution is 8.02. The number of thioether (sulfide) groups is 1. The average Bonchev–Trinajstić information content (AvgIpc) is 2.22. The van der Waals surface area contributed by atoms with E-state index < -0.39 is 0 Å². The zero-order valence-corrected chi connectivity index (χ0v) is 9.72. The van der Waals surface area contributed by atoms with Gasteiger partial charge >= 0.3 is 0 Å². The summed E-state index contributed by atoms with van der Waals surface area (Å²) in [6.07, 6.45) is 1.89. The van der Waals surface area contributed by atoms with E-state index in [0.717, 1.165) is 26.2 Å². The van der Waals surface area contributed by atoms with Crippen molar-refractivity contribution in [3.8, 4) is 0 Å². The van der Waals surface area contributed by atoms with Gasteiger partial charge in [-0.2, -0.15) is 0 Å². The van der Waals surface area contributed by atoms with Crippen molar-refractivity contribution in [3.63, 3.8) is 0 Å². The van der Waals surface area contributed by atoms with Gasteiger partial charge in [0.1, 0.15) is 0 Å². The molecule has 0 aromatic rings. The molecular weight excluding hydrogens is 196 g/mol. The maximum absolute atomic E-state index is 11.4. The third-order valence-electron chi connectivity index (χ3n) is 2.42. The summed E-state index contributed by atoms with van der Waals surface area (Å²) in [4.78, 5) is 15.6. The predicted molar refractivity (Wildman–Crippen MR) is 61.1 cm³/mol. The molecule has 0 aromatic carbocycles. The second kappa shape index (κ2) is 6.09. The summed E-state index contributed by atoms with van der Waals surface area (Å²) < 4.78 is 0. The molecule has 0 bridgehead atoms. The molecule has 1 amide bonds. The first-order valence-corrected chi connectivity index (χ1v) is 6.13. The lowest BCUT2D eigenvalue weighted by Gasteiger charge is -2.25. The number of hydrogen-bond donors (Lipinski definition) is 0. The minimum atomic E-state index is 0.227. The van der Waals surface area contributed by atoms with Crippen molar-refractivity contribution < 1.29 is 4.79 Å². The summed E-state index contributed by atoms with van der Waals surface area (Å²) in [6, 6.07) is 0. The number of amides is 1. The third kappa shape index (κ3) is 3.35. The van der Waals surface area contributed by atoms with Gasteiger partial charge in [-0.15, -0.1) is 11.8 Å². The van der Waals surface area contributed by atoms with E-state index in [0.29, 0.717) is 5.75 Å². The Hall–Kier alpha value is -0.480. The predicted octanol–water partition coefficient (Wildman–Crippen LogP) is 1.37. The zero-order valence-electron chi connectivity index (χ0n) is 8.90. The lowest BCUT2D eigenvalue weighted by molar-refractivity contribution is -0.126. The van der Waals surface area contributed by atoms with Crippen LogP contribution >= 0.6 is 11.8 Å². The highest BCUT2D eigenvalue weighted by Gasteiger charge is 2.14. The fraction of sp³-hybridized carbons (Fsp3) is 0.700. The van der Waals surface area contributed by atoms with Crippen molar-refractivity contribution in [1.29, 1.82) is 0 Å². The average molecular weight is 214 g/mol. The summed E-state index contributed by atoms with van der Waals surface area (Å²) in [5, 5.41) is 1.99. The molecule has 1 rings (SSSR count). The van der Waals surface area contributed by atoms with Gasteiger partial charge in [-0.3, -0.25) is 4.79 Å². The maximum Gasteiger partial charge on any atom is 0.236 e. The fourth-order valence-corrected chi connectivity index (χ4v) is 2.03. The van der Waals surface area contributed by atoms with Crippen molar-refractivity contribution in [1.82, 2.24) is 9.80 Å². The lowest BCUT2D eigenvalue weighted by atomic mass is 10.4. The van der Waals surface area contributed by atoms with Crippen LogP contribution in [0.15, 0.2) is 11.6 Å². The Labute approximate surface area is 90.1 Å². The first-order chi connectivity index (χ1) is 6.77. The Kier molecular flexibility index (Phi) is 5.04. The monoisotopic (exact) mass is 214 g/mol. The van der Waals surface area contributed by atoms with E-state index in [1.807, 2.05) is 16.5 Å². The van der Waals surface area contributed by atoms with E-state index in [1.54, 1.807) is 11.8 Å². The normalized spacial score (nSPS) is 16.8. The molecule has 0 spiro atoms. The van der Waals surface area contributed by atoms with Crippen LogP contribution in [0.1, 0.15) is 13.8 Å². The van der Waals surface area contributed by atoms with Crippen LogP contribution in [0.5, 0.6) is 0 Å². The molecule has 0 N–H and O–H groups in total. The van der Waals surface area contributed by atoms with E-state index >= 15 is 0 Å². The first kappa shape index (κ1) is 11.6. The van der Waals surface area contributed by atoms with Crippen molar-refractivity contribution in [3.05, 3.63) is 11.6 Å². The highest BCUT2D eigenvalue weighted by Crippen LogP contribution is 2.11. The first-order valence-electron chi connectivity index (χ1n) is 5.08. The topological polar surface area (TPSA) is 23.6 Å². The molecule has 14 heavy (non-hydrogen) atoms. The molecule has 3 nitrogen and oxygen atoms in total. The third-order valence-corrected chi connectivity index (χ3v) is 3.14. The van der Waals surface area contributed by atoms with Gasteiger partial charge in [0.2, 0.25) is 5.91 Å². The minimum Gasteiger partial charge on any atom is -0.317 e. The Balaban J connectivity index is 2.32. The number of rotatable bonds is 5. The Morgan fingerprint density at radius 3 is 2.79 bits per heavy atom. The molecule has 0 atom stereocenters. The van der Waals surface area contributed by atoms with E-state index in [4.69, 9.17) is 0 Å².